The number of hydrogen-bond donors (Lipinski definition) is 1. The largest absolute Gasteiger partial charge is 0.478 e. The summed E-state index contributed by atoms with van der Waals surface area (Å²) in [7, 11) is 0. The van der Waals surface area contributed by atoms with Crippen molar-refractivity contribution in [2.45, 2.75) is 44.6 Å². The molecule has 0 spiro atoms. The second kappa shape index (κ2) is 5.54. The number of pyridine rings is 1. The summed E-state index contributed by atoms with van der Waals surface area (Å²) < 4.78 is 0. The van der Waals surface area contributed by atoms with Gasteiger partial charge in [0, 0.05) is 11.1 Å². The first-order valence-electron chi connectivity index (χ1n) is 5.73. The summed E-state index contributed by atoms with van der Waals surface area (Å²) in [5.74, 6) is 0.0656. The van der Waals surface area contributed by atoms with Gasteiger partial charge in [0.1, 0.15) is 0 Å². The summed E-state index contributed by atoms with van der Waals surface area (Å²) in [6, 6.07) is 3.32. The first-order chi connectivity index (χ1) is 7.84. The molecule has 0 aliphatic heterocycles. The maximum absolute atomic E-state index is 11.1. The van der Waals surface area contributed by atoms with Crippen molar-refractivity contribution >= 4 is 17.7 Å². The number of nitrogens with zero attached hydrogens (tertiary/aromatic N) is 1. The zero-order chi connectivity index (χ0) is 13.1. The number of thioether (sulfide) groups is 1. The fraction of sp³-hybridized carbons (Fsp3) is 0.538. The lowest BCUT2D eigenvalue weighted by Crippen LogP contribution is -2.15. The third kappa shape index (κ3) is 4.04. The van der Waals surface area contributed by atoms with Crippen molar-refractivity contribution < 1.29 is 9.90 Å². The highest BCUT2D eigenvalue weighted by Crippen LogP contribution is 2.25. The van der Waals surface area contributed by atoms with Gasteiger partial charge in [-0.1, -0.05) is 27.7 Å². The molecule has 17 heavy (non-hydrogen) atoms. The lowest BCUT2D eigenvalue weighted by atomic mass is 9.91. The molecule has 1 heterocycles. The molecule has 0 saturated heterocycles. The molecule has 0 aromatic carbocycles. The molecular weight excluding hydrogens is 234 g/mol. The Kier molecular flexibility index (Phi) is 4.57. The normalized spacial score (nSPS) is 11.5. The third-order valence-corrected chi connectivity index (χ3v) is 3.39. The minimum absolute atomic E-state index is 0.132. The predicted octanol–water partition coefficient (Wildman–Crippen LogP) is 3.58. The van der Waals surface area contributed by atoms with Gasteiger partial charge in [-0.15, -0.1) is 11.8 Å². The SMILES string of the molecule is CCCSc1cc(C(=O)O)cc(C(C)(C)C)n1. The van der Waals surface area contributed by atoms with Crippen LogP contribution in [0.25, 0.3) is 0 Å². The van der Waals surface area contributed by atoms with Crippen LogP contribution in [0.4, 0.5) is 0 Å². The van der Waals surface area contributed by atoms with E-state index in [2.05, 4.69) is 11.9 Å². The Morgan fingerprint density at radius 3 is 2.53 bits per heavy atom. The number of aromatic carboxylic acids is 1. The standard InChI is InChI=1S/C13H19NO2S/c1-5-6-17-11-8-9(12(15)16)7-10(14-11)13(2,3)4/h7-8H,5-6H2,1-4H3,(H,15,16). The predicted molar refractivity (Wildman–Crippen MR) is 70.9 cm³/mol. The minimum Gasteiger partial charge on any atom is -0.478 e. The Morgan fingerprint density at radius 1 is 1.41 bits per heavy atom. The maximum atomic E-state index is 11.1. The van der Waals surface area contributed by atoms with E-state index < -0.39 is 5.97 Å². The monoisotopic (exact) mass is 253 g/mol. The fourth-order valence-corrected chi connectivity index (χ4v) is 2.08. The van der Waals surface area contributed by atoms with Crippen molar-refractivity contribution in [3.8, 4) is 0 Å². The van der Waals surface area contributed by atoms with Crippen LogP contribution < -0.4 is 0 Å². The zero-order valence-corrected chi connectivity index (χ0v) is 11.6. The maximum Gasteiger partial charge on any atom is 0.335 e. The van der Waals surface area contributed by atoms with Crippen LogP contribution in [-0.4, -0.2) is 21.8 Å². The Hall–Kier alpha value is -1.03. The van der Waals surface area contributed by atoms with E-state index in [-0.39, 0.29) is 5.41 Å². The van der Waals surface area contributed by atoms with Crippen LogP contribution in [0, 0.1) is 0 Å². The quantitative estimate of drug-likeness (QED) is 0.833. The van der Waals surface area contributed by atoms with E-state index in [9.17, 15) is 4.79 Å². The first kappa shape index (κ1) is 14.0. The minimum atomic E-state index is -0.892. The average molecular weight is 253 g/mol. The van der Waals surface area contributed by atoms with Crippen LogP contribution in [0.2, 0.25) is 0 Å². The fourth-order valence-electron chi connectivity index (χ4n) is 1.29. The van der Waals surface area contributed by atoms with Gasteiger partial charge >= 0.3 is 5.97 Å². The Labute approximate surface area is 107 Å². The van der Waals surface area contributed by atoms with Crippen molar-refractivity contribution in [2.24, 2.45) is 0 Å². The molecule has 0 atom stereocenters. The number of hydrogen-bond acceptors (Lipinski definition) is 3. The smallest absolute Gasteiger partial charge is 0.335 e. The number of rotatable bonds is 4. The average Bonchev–Trinajstić information content (AvgIpc) is 2.24. The molecule has 0 fully saturated rings. The van der Waals surface area contributed by atoms with E-state index in [0.717, 1.165) is 22.9 Å². The van der Waals surface area contributed by atoms with E-state index in [4.69, 9.17) is 5.11 Å². The molecule has 1 rings (SSSR count). The van der Waals surface area contributed by atoms with Crippen LogP contribution in [0.5, 0.6) is 0 Å². The van der Waals surface area contributed by atoms with Gasteiger partial charge in [0.25, 0.3) is 0 Å². The second-order valence-corrected chi connectivity index (χ2v) is 6.10. The topological polar surface area (TPSA) is 50.2 Å². The van der Waals surface area contributed by atoms with E-state index in [0.29, 0.717) is 5.56 Å². The van der Waals surface area contributed by atoms with Gasteiger partial charge in [-0.25, -0.2) is 9.78 Å². The number of carbonyl (C=O) groups is 1. The van der Waals surface area contributed by atoms with E-state index in [1.54, 1.807) is 23.9 Å². The van der Waals surface area contributed by atoms with E-state index >= 15 is 0 Å². The molecule has 0 aliphatic rings. The molecule has 0 unspecified atom stereocenters. The molecule has 3 nitrogen and oxygen atoms in total. The van der Waals surface area contributed by atoms with Crippen molar-refractivity contribution in [3.05, 3.63) is 23.4 Å². The lowest BCUT2D eigenvalue weighted by Gasteiger charge is -2.19. The van der Waals surface area contributed by atoms with Gasteiger partial charge in [0.05, 0.1) is 10.6 Å². The number of aromatic nitrogens is 1. The van der Waals surface area contributed by atoms with Crippen LogP contribution in [0.1, 0.15) is 50.2 Å². The lowest BCUT2D eigenvalue weighted by molar-refractivity contribution is 0.0696. The highest BCUT2D eigenvalue weighted by molar-refractivity contribution is 7.99. The Bertz CT molecular complexity index is 410. The van der Waals surface area contributed by atoms with Crippen LogP contribution >= 0.6 is 11.8 Å². The second-order valence-electron chi connectivity index (χ2n) is 4.98. The third-order valence-electron chi connectivity index (χ3n) is 2.27. The Balaban J connectivity index is 3.14. The molecule has 1 aromatic rings. The highest BCUT2D eigenvalue weighted by Gasteiger charge is 2.19. The molecule has 0 saturated carbocycles. The van der Waals surface area contributed by atoms with Gasteiger partial charge in [-0.05, 0) is 24.3 Å². The van der Waals surface area contributed by atoms with Crippen LogP contribution in [0.3, 0.4) is 0 Å². The molecule has 1 aromatic heterocycles. The van der Waals surface area contributed by atoms with Gasteiger partial charge in [0.15, 0.2) is 0 Å². The van der Waals surface area contributed by atoms with Crippen molar-refractivity contribution in [3.63, 3.8) is 0 Å². The van der Waals surface area contributed by atoms with Crippen LogP contribution in [0.15, 0.2) is 17.2 Å². The molecule has 0 amide bonds. The molecule has 4 heteroatoms. The Morgan fingerprint density at radius 2 is 2.06 bits per heavy atom. The van der Waals surface area contributed by atoms with Gasteiger partial charge in [0.2, 0.25) is 0 Å². The van der Waals surface area contributed by atoms with E-state index in [1.807, 2.05) is 20.8 Å². The zero-order valence-electron chi connectivity index (χ0n) is 10.8. The van der Waals surface area contributed by atoms with E-state index in [1.165, 1.54) is 0 Å². The first-order valence-corrected chi connectivity index (χ1v) is 6.72. The van der Waals surface area contributed by atoms with Crippen molar-refractivity contribution in [1.82, 2.24) is 4.98 Å². The number of carboxylic acids is 1. The molecule has 0 bridgehead atoms. The molecule has 0 aliphatic carbocycles. The molecule has 1 N–H and O–H groups in total. The molecular formula is C13H19NO2S. The van der Waals surface area contributed by atoms with Gasteiger partial charge < -0.3 is 5.11 Å². The summed E-state index contributed by atoms with van der Waals surface area (Å²) in [6.45, 7) is 8.21. The van der Waals surface area contributed by atoms with Gasteiger partial charge in [-0.3, -0.25) is 0 Å². The summed E-state index contributed by atoms with van der Waals surface area (Å²) in [5.41, 5.74) is 1.02. The van der Waals surface area contributed by atoms with Crippen molar-refractivity contribution in [2.75, 3.05) is 5.75 Å². The number of carboxylic acid groups (broad SMARTS) is 1. The van der Waals surface area contributed by atoms with Crippen LogP contribution in [-0.2, 0) is 5.41 Å². The summed E-state index contributed by atoms with van der Waals surface area (Å²) in [4.78, 5) is 15.6. The van der Waals surface area contributed by atoms with Gasteiger partial charge in [-0.2, -0.15) is 0 Å². The molecule has 0 radical (unpaired) electrons. The van der Waals surface area contributed by atoms with Crippen molar-refractivity contribution in [1.29, 1.82) is 0 Å². The highest BCUT2D eigenvalue weighted by atomic mass is 32.2. The summed E-state index contributed by atoms with van der Waals surface area (Å²) in [6.07, 6.45) is 1.05. The summed E-state index contributed by atoms with van der Waals surface area (Å²) in [5, 5.41) is 9.89. The summed E-state index contributed by atoms with van der Waals surface area (Å²) >= 11 is 1.61. The molecule has 94 valence electrons.